The van der Waals surface area contributed by atoms with Gasteiger partial charge in [-0.2, -0.15) is 0 Å². The number of ether oxygens (including phenoxy) is 1. The molecule has 1 unspecified atom stereocenters. The van der Waals surface area contributed by atoms with Gasteiger partial charge >= 0.3 is 5.97 Å². The molecular formula is C18H19NO3. The Bertz CT molecular complexity index is 635. The first-order valence-corrected chi connectivity index (χ1v) is 7.14. The molecule has 0 aliphatic rings. The van der Waals surface area contributed by atoms with E-state index in [0.29, 0.717) is 5.56 Å². The van der Waals surface area contributed by atoms with Crippen molar-refractivity contribution in [1.82, 2.24) is 5.32 Å². The van der Waals surface area contributed by atoms with Gasteiger partial charge in [0.15, 0.2) is 6.61 Å². The van der Waals surface area contributed by atoms with Crippen LogP contribution in [0.4, 0.5) is 0 Å². The summed E-state index contributed by atoms with van der Waals surface area (Å²) < 4.78 is 5.02. The van der Waals surface area contributed by atoms with E-state index in [1.165, 1.54) is 0 Å². The Kier molecular flexibility index (Phi) is 5.31. The number of hydrogen-bond acceptors (Lipinski definition) is 3. The van der Waals surface area contributed by atoms with Gasteiger partial charge in [-0.1, -0.05) is 48.0 Å². The van der Waals surface area contributed by atoms with E-state index >= 15 is 0 Å². The third-order valence-electron chi connectivity index (χ3n) is 3.30. The molecule has 1 N–H and O–H groups in total. The first-order chi connectivity index (χ1) is 10.6. The second kappa shape index (κ2) is 7.41. The molecule has 0 saturated carbocycles. The fourth-order valence-corrected chi connectivity index (χ4v) is 2.01. The molecule has 1 amide bonds. The summed E-state index contributed by atoms with van der Waals surface area (Å²) in [5.74, 6) is -0.820. The minimum absolute atomic E-state index is 0.133. The molecule has 0 radical (unpaired) electrons. The van der Waals surface area contributed by atoms with E-state index < -0.39 is 5.97 Å². The van der Waals surface area contributed by atoms with Crippen LogP contribution < -0.4 is 5.32 Å². The van der Waals surface area contributed by atoms with E-state index in [1.54, 1.807) is 12.1 Å². The fraction of sp³-hybridized carbons (Fsp3) is 0.222. The maximum atomic E-state index is 11.8. The Morgan fingerprint density at radius 1 is 1.05 bits per heavy atom. The van der Waals surface area contributed by atoms with Crippen molar-refractivity contribution < 1.29 is 14.3 Å². The molecule has 4 heteroatoms. The van der Waals surface area contributed by atoms with Gasteiger partial charge in [0, 0.05) is 0 Å². The summed E-state index contributed by atoms with van der Waals surface area (Å²) in [6.45, 7) is 3.53. The van der Waals surface area contributed by atoms with Crippen molar-refractivity contribution in [1.29, 1.82) is 0 Å². The maximum absolute atomic E-state index is 11.8. The molecule has 0 aliphatic carbocycles. The molecule has 2 rings (SSSR count). The molecule has 2 aromatic carbocycles. The summed E-state index contributed by atoms with van der Waals surface area (Å²) in [5, 5.41) is 2.80. The van der Waals surface area contributed by atoms with Gasteiger partial charge < -0.3 is 10.1 Å². The number of nitrogens with one attached hydrogen (secondary N) is 1. The van der Waals surface area contributed by atoms with Crippen molar-refractivity contribution in [3.8, 4) is 0 Å². The number of rotatable bonds is 5. The predicted molar refractivity (Wildman–Crippen MR) is 84.5 cm³/mol. The van der Waals surface area contributed by atoms with Crippen LogP contribution in [0.3, 0.4) is 0 Å². The van der Waals surface area contributed by atoms with Gasteiger partial charge in [-0.3, -0.25) is 4.79 Å². The van der Waals surface area contributed by atoms with Crippen molar-refractivity contribution in [2.45, 2.75) is 19.9 Å². The van der Waals surface area contributed by atoms with E-state index in [9.17, 15) is 9.59 Å². The van der Waals surface area contributed by atoms with Gasteiger partial charge in [0.2, 0.25) is 0 Å². The highest BCUT2D eigenvalue weighted by Crippen LogP contribution is 2.11. The van der Waals surface area contributed by atoms with Crippen molar-refractivity contribution >= 4 is 11.9 Å². The van der Waals surface area contributed by atoms with Crippen LogP contribution in [-0.2, 0) is 9.53 Å². The van der Waals surface area contributed by atoms with E-state index in [2.05, 4.69) is 5.32 Å². The highest BCUT2D eigenvalue weighted by molar-refractivity contribution is 5.91. The lowest BCUT2D eigenvalue weighted by molar-refractivity contribution is -0.124. The smallest absolute Gasteiger partial charge is 0.338 e. The zero-order valence-corrected chi connectivity index (χ0v) is 12.7. The number of carbonyl (C=O) groups excluding carboxylic acids is 2. The summed E-state index contributed by atoms with van der Waals surface area (Å²) in [7, 11) is 0. The first-order valence-electron chi connectivity index (χ1n) is 7.14. The molecule has 0 aromatic heterocycles. The molecule has 114 valence electrons. The molecule has 0 fully saturated rings. The zero-order chi connectivity index (χ0) is 15.9. The summed E-state index contributed by atoms with van der Waals surface area (Å²) in [4.78, 5) is 23.6. The lowest BCUT2D eigenvalue weighted by Crippen LogP contribution is -2.31. The third-order valence-corrected chi connectivity index (χ3v) is 3.30. The predicted octanol–water partition coefficient (Wildman–Crippen LogP) is 3.03. The van der Waals surface area contributed by atoms with Crippen LogP contribution in [0.15, 0.2) is 54.6 Å². The SMILES string of the molecule is Cc1ccc(C(=O)OCC(=O)NC(C)c2ccccc2)cc1. The van der Waals surface area contributed by atoms with Gasteiger partial charge in [0.25, 0.3) is 5.91 Å². The fourth-order valence-electron chi connectivity index (χ4n) is 2.01. The molecule has 0 spiro atoms. The molecule has 0 saturated heterocycles. The van der Waals surface area contributed by atoms with Gasteiger partial charge in [0.1, 0.15) is 0 Å². The molecule has 0 heterocycles. The highest BCUT2D eigenvalue weighted by atomic mass is 16.5. The van der Waals surface area contributed by atoms with Gasteiger partial charge in [-0.25, -0.2) is 4.79 Å². The summed E-state index contributed by atoms with van der Waals surface area (Å²) in [5.41, 5.74) is 2.50. The van der Waals surface area contributed by atoms with E-state index in [1.807, 2.05) is 56.3 Å². The number of benzene rings is 2. The number of carbonyl (C=O) groups is 2. The molecule has 2 aromatic rings. The molecule has 0 aliphatic heterocycles. The largest absolute Gasteiger partial charge is 0.452 e. The molecular weight excluding hydrogens is 278 g/mol. The van der Waals surface area contributed by atoms with Crippen molar-refractivity contribution in [3.63, 3.8) is 0 Å². The minimum atomic E-state index is -0.498. The zero-order valence-electron chi connectivity index (χ0n) is 12.7. The Morgan fingerprint density at radius 3 is 2.32 bits per heavy atom. The highest BCUT2D eigenvalue weighted by Gasteiger charge is 2.12. The summed E-state index contributed by atoms with van der Waals surface area (Å²) in [6, 6.07) is 16.5. The Labute approximate surface area is 130 Å². The van der Waals surface area contributed by atoms with Crippen molar-refractivity contribution in [2.24, 2.45) is 0 Å². The number of aryl methyl sites for hydroxylation is 1. The normalized spacial score (nSPS) is 11.5. The molecule has 1 atom stereocenters. The maximum Gasteiger partial charge on any atom is 0.338 e. The van der Waals surface area contributed by atoms with Crippen molar-refractivity contribution in [3.05, 3.63) is 71.3 Å². The first kappa shape index (κ1) is 15.8. The van der Waals surface area contributed by atoms with Crippen LogP contribution in [0.1, 0.15) is 34.5 Å². The van der Waals surface area contributed by atoms with Crippen LogP contribution in [0.2, 0.25) is 0 Å². The third kappa shape index (κ3) is 4.45. The monoisotopic (exact) mass is 297 g/mol. The second-order valence-electron chi connectivity index (χ2n) is 5.14. The lowest BCUT2D eigenvalue weighted by atomic mass is 10.1. The standard InChI is InChI=1S/C18H19NO3/c1-13-8-10-16(11-9-13)18(21)22-12-17(20)19-14(2)15-6-4-3-5-7-15/h3-11,14H,12H2,1-2H3,(H,19,20). The molecule has 22 heavy (non-hydrogen) atoms. The van der Waals surface area contributed by atoms with Crippen LogP contribution in [0.25, 0.3) is 0 Å². The minimum Gasteiger partial charge on any atom is -0.452 e. The van der Waals surface area contributed by atoms with Gasteiger partial charge in [-0.15, -0.1) is 0 Å². The summed E-state index contributed by atoms with van der Waals surface area (Å²) in [6.07, 6.45) is 0. The van der Waals surface area contributed by atoms with Crippen molar-refractivity contribution in [2.75, 3.05) is 6.61 Å². The van der Waals surface area contributed by atoms with E-state index in [4.69, 9.17) is 4.74 Å². The van der Waals surface area contributed by atoms with Crippen LogP contribution in [0, 0.1) is 6.92 Å². The average Bonchev–Trinajstić information content (AvgIpc) is 2.54. The van der Waals surface area contributed by atoms with E-state index in [-0.39, 0.29) is 18.6 Å². The lowest BCUT2D eigenvalue weighted by Gasteiger charge is -2.14. The Hall–Kier alpha value is -2.62. The number of esters is 1. The Balaban J connectivity index is 1.82. The van der Waals surface area contributed by atoms with Gasteiger partial charge in [0.05, 0.1) is 11.6 Å². The molecule has 0 bridgehead atoms. The average molecular weight is 297 g/mol. The number of amides is 1. The molecule has 4 nitrogen and oxygen atoms in total. The second-order valence-corrected chi connectivity index (χ2v) is 5.14. The van der Waals surface area contributed by atoms with Crippen LogP contribution in [0.5, 0.6) is 0 Å². The topological polar surface area (TPSA) is 55.4 Å². The van der Waals surface area contributed by atoms with Crippen LogP contribution in [-0.4, -0.2) is 18.5 Å². The van der Waals surface area contributed by atoms with Crippen LogP contribution >= 0.6 is 0 Å². The quantitative estimate of drug-likeness (QED) is 0.863. The summed E-state index contributed by atoms with van der Waals surface area (Å²) >= 11 is 0. The van der Waals surface area contributed by atoms with E-state index in [0.717, 1.165) is 11.1 Å². The Morgan fingerprint density at radius 2 is 1.68 bits per heavy atom. The van der Waals surface area contributed by atoms with Gasteiger partial charge in [-0.05, 0) is 31.5 Å². The number of hydrogen-bond donors (Lipinski definition) is 1.